The summed E-state index contributed by atoms with van der Waals surface area (Å²) in [7, 11) is -2.65. The zero-order chi connectivity index (χ0) is 14.9. The van der Waals surface area contributed by atoms with E-state index >= 15 is 0 Å². The van der Waals surface area contributed by atoms with Crippen LogP contribution in [0.15, 0.2) is 23.1 Å². The summed E-state index contributed by atoms with van der Waals surface area (Å²) in [6.07, 6.45) is 0. The van der Waals surface area contributed by atoms with Crippen molar-refractivity contribution < 1.29 is 22.7 Å². The predicted molar refractivity (Wildman–Crippen MR) is 70.7 cm³/mol. The molecule has 108 valence electrons. The van der Waals surface area contributed by atoms with Gasteiger partial charge in [-0.15, -0.1) is 0 Å². The molecule has 0 bridgehead atoms. The Kier molecular flexibility index (Phi) is 3.78. The molecule has 1 aliphatic heterocycles. The first-order valence-electron chi connectivity index (χ1n) is 5.86. The predicted octanol–water partition coefficient (Wildman–Crippen LogP) is 0.193. The van der Waals surface area contributed by atoms with Crippen LogP contribution >= 0.6 is 0 Å². The first-order valence-corrected chi connectivity index (χ1v) is 7.35. The molecule has 2 N–H and O–H groups in total. The number of amides is 1. The van der Waals surface area contributed by atoms with Gasteiger partial charge in [-0.2, -0.15) is 4.72 Å². The van der Waals surface area contributed by atoms with E-state index in [1.54, 1.807) is 6.92 Å². The second-order valence-corrected chi connectivity index (χ2v) is 6.13. The summed E-state index contributed by atoms with van der Waals surface area (Å²) >= 11 is 0. The number of nitrogens with one attached hydrogen (secondary N) is 2. The third kappa shape index (κ3) is 2.66. The fourth-order valence-electron chi connectivity index (χ4n) is 1.87. The van der Waals surface area contributed by atoms with Gasteiger partial charge in [0, 0.05) is 5.69 Å². The van der Waals surface area contributed by atoms with Gasteiger partial charge in [0.2, 0.25) is 15.9 Å². The minimum atomic E-state index is -3.82. The Bertz CT molecular complexity index is 668. The van der Waals surface area contributed by atoms with Crippen LogP contribution < -0.4 is 10.0 Å². The summed E-state index contributed by atoms with van der Waals surface area (Å²) in [5, 5.41) is 2.66. The summed E-state index contributed by atoms with van der Waals surface area (Å²) in [5.74, 6) is -1.25. The van der Waals surface area contributed by atoms with E-state index in [0.717, 1.165) is 0 Å². The van der Waals surface area contributed by atoms with E-state index in [4.69, 9.17) is 0 Å². The molecule has 0 saturated carbocycles. The number of sulfonamides is 1. The average molecular weight is 298 g/mol. The number of ether oxygens (including phenoxy) is 1. The fourth-order valence-corrected chi connectivity index (χ4v) is 2.88. The lowest BCUT2D eigenvalue weighted by atomic mass is 10.0. The number of methoxy groups -OCH3 is 1. The van der Waals surface area contributed by atoms with Gasteiger partial charge < -0.3 is 10.1 Å². The Morgan fingerprint density at radius 1 is 1.45 bits per heavy atom. The molecule has 1 aromatic carbocycles. The highest BCUT2D eigenvalue weighted by molar-refractivity contribution is 7.89. The highest BCUT2D eigenvalue weighted by Gasteiger charge is 2.28. The van der Waals surface area contributed by atoms with Crippen molar-refractivity contribution in [2.24, 2.45) is 0 Å². The molecule has 2 rings (SSSR count). The lowest BCUT2D eigenvalue weighted by Crippen LogP contribution is -2.30. The van der Waals surface area contributed by atoms with Gasteiger partial charge >= 0.3 is 5.97 Å². The van der Waals surface area contributed by atoms with Gasteiger partial charge in [0.25, 0.3) is 0 Å². The van der Waals surface area contributed by atoms with Crippen molar-refractivity contribution >= 4 is 27.6 Å². The van der Waals surface area contributed by atoms with E-state index in [9.17, 15) is 18.0 Å². The number of hydrogen-bond donors (Lipinski definition) is 2. The molecule has 0 spiro atoms. The van der Waals surface area contributed by atoms with Crippen molar-refractivity contribution in [3.63, 3.8) is 0 Å². The first-order chi connectivity index (χ1) is 9.35. The molecule has 1 aromatic rings. The molecule has 0 radical (unpaired) electrons. The van der Waals surface area contributed by atoms with Crippen LogP contribution in [0.4, 0.5) is 5.69 Å². The molecule has 7 nitrogen and oxygen atoms in total. The highest BCUT2D eigenvalue weighted by atomic mass is 32.2. The van der Waals surface area contributed by atoms with E-state index in [1.807, 2.05) is 0 Å². The van der Waals surface area contributed by atoms with Gasteiger partial charge in [-0.25, -0.2) is 8.42 Å². The molecule has 1 unspecified atom stereocenters. The maximum Gasteiger partial charge on any atom is 0.320 e. The first kappa shape index (κ1) is 14.5. The highest BCUT2D eigenvalue weighted by Crippen LogP contribution is 2.33. The van der Waals surface area contributed by atoms with Crippen LogP contribution in [0.5, 0.6) is 0 Å². The molecular weight excluding hydrogens is 284 g/mol. The molecule has 0 aliphatic carbocycles. The minimum Gasteiger partial charge on any atom is -0.468 e. The Balaban J connectivity index is 2.26. The van der Waals surface area contributed by atoms with E-state index in [1.165, 1.54) is 25.3 Å². The Labute approximate surface area is 116 Å². The van der Waals surface area contributed by atoms with Gasteiger partial charge in [-0.1, -0.05) is 0 Å². The third-order valence-electron chi connectivity index (χ3n) is 3.09. The van der Waals surface area contributed by atoms with Crippen molar-refractivity contribution in [1.82, 2.24) is 4.72 Å². The smallest absolute Gasteiger partial charge is 0.320 e. The van der Waals surface area contributed by atoms with Crippen LogP contribution in [-0.2, 0) is 24.3 Å². The van der Waals surface area contributed by atoms with Crippen molar-refractivity contribution in [3.05, 3.63) is 23.8 Å². The lowest BCUT2D eigenvalue weighted by Gasteiger charge is -2.08. The van der Waals surface area contributed by atoms with Crippen LogP contribution in [0.3, 0.4) is 0 Å². The molecule has 20 heavy (non-hydrogen) atoms. The van der Waals surface area contributed by atoms with E-state index in [-0.39, 0.29) is 10.8 Å². The van der Waals surface area contributed by atoms with Crippen molar-refractivity contribution in [1.29, 1.82) is 0 Å². The minimum absolute atomic E-state index is 0.00324. The molecule has 1 amide bonds. The zero-order valence-electron chi connectivity index (χ0n) is 11.0. The molecule has 8 heteroatoms. The topological polar surface area (TPSA) is 102 Å². The maximum atomic E-state index is 12.0. The summed E-state index contributed by atoms with van der Waals surface area (Å²) < 4.78 is 30.5. The lowest BCUT2D eigenvalue weighted by molar-refractivity contribution is -0.139. The molecule has 1 heterocycles. The number of carbonyl (C=O) groups is 2. The van der Waals surface area contributed by atoms with Gasteiger partial charge in [-0.05, 0) is 30.7 Å². The number of esters is 1. The Hall–Kier alpha value is -1.93. The van der Waals surface area contributed by atoms with Crippen molar-refractivity contribution in [2.75, 3.05) is 19.0 Å². The van der Waals surface area contributed by atoms with E-state index < -0.39 is 28.5 Å². The fraction of sp³-hybridized carbons (Fsp3) is 0.333. The SMILES string of the molecule is COC(=O)CNS(=O)(=O)c1ccc2c(c1)C(C)C(=O)N2. The molecule has 0 saturated heterocycles. The van der Waals surface area contributed by atoms with Crippen LogP contribution in [0.25, 0.3) is 0 Å². The molecule has 1 atom stereocenters. The molecule has 1 aliphatic rings. The quantitative estimate of drug-likeness (QED) is 0.773. The number of hydrogen-bond acceptors (Lipinski definition) is 5. The second-order valence-electron chi connectivity index (χ2n) is 4.36. The largest absolute Gasteiger partial charge is 0.468 e. The van der Waals surface area contributed by atoms with Crippen LogP contribution in [-0.4, -0.2) is 33.9 Å². The van der Waals surface area contributed by atoms with E-state index in [2.05, 4.69) is 14.8 Å². The maximum absolute atomic E-state index is 12.0. The number of rotatable bonds is 4. The van der Waals surface area contributed by atoms with Crippen LogP contribution in [0, 0.1) is 0 Å². The molecular formula is C12H14N2O5S. The monoisotopic (exact) mass is 298 g/mol. The van der Waals surface area contributed by atoms with Crippen LogP contribution in [0.1, 0.15) is 18.4 Å². The summed E-state index contributed by atoms with van der Waals surface area (Å²) in [4.78, 5) is 22.5. The van der Waals surface area contributed by atoms with Gasteiger partial charge in [0.15, 0.2) is 0 Å². The number of benzene rings is 1. The van der Waals surface area contributed by atoms with E-state index in [0.29, 0.717) is 11.3 Å². The second kappa shape index (κ2) is 5.22. The Morgan fingerprint density at radius 2 is 2.15 bits per heavy atom. The van der Waals surface area contributed by atoms with Gasteiger partial charge in [0.05, 0.1) is 17.9 Å². The van der Waals surface area contributed by atoms with Gasteiger partial charge in [0.1, 0.15) is 6.54 Å². The standard InChI is InChI=1S/C12H14N2O5S/c1-7-9-5-8(3-4-10(9)14-12(7)16)20(17,18)13-6-11(15)19-2/h3-5,7,13H,6H2,1-2H3,(H,14,16). The number of fused-ring (bicyclic) bond motifs is 1. The number of carbonyl (C=O) groups excluding carboxylic acids is 2. The summed E-state index contributed by atoms with van der Waals surface area (Å²) in [5.41, 5.74) is 1.23. The molecule has 0 fully saturated rings. The Morgan fingerprint density at radius 3 is 2.80 bits per heavy atom. The van der Waals surface area contributed by atoms with Crippen molar-refractivity contribution in [2.45, 2.75) is 17.7 Å². The zero-order valence-corrected chi connectivity index (χ0v) is 11.8. The molecule has 0 aromatic heterocycles. The van der Waals surface area contributed by atoms with Crippen LogP contribution in [0.2, 0.25) is 0 Å². The number of anilines is 1. The third-order valence-corrected chi connectivity index (χ3v) is 4.48. The average Bonchev–Trinajstić information content (AvgIpc) is 2.71. The normalized spacial score (nSPS) is 17.5. The van der Waals surface area contributed by atoms with Gasteiger partial charge in [-0.3, -0.25) is 9.59 Å². The summed E-state index contributed by atoms with van der Waals surface area (Å²) in [6, 6.07) is 4.33. The van der Waals surface area contributed by atoms with Crippen molar-refractivity contribution in [3.8, 4) is 0 Å². The summed E-state index contributed by atoms with van der Waals surface area (Å²) in [6.45, 7) is 1.25.